The predicted molar refractivity (Wildman–Crippen MR) is 107 cm³/mol. The average molecular weight is 400 g/mol. The number of carbonyl (C=O) groups excluding carboxylic acids is 2. The summed E-state index contributed by atoms with van der Waals surface area (Å²) in [6.07, 6.45) is 4.55. The van der Waals surface area contributed by atoms with Crippen LogP contribution in [-0.4, -0.2) is 42.4 Å². The number of para-hydroxylation sites is 1. The summed E-state index contributed by atoms with van der Waals surface area (Å²) in [5.74, 6) is 0.180. The fourth-order valence-electron chi connectivity index (χ4n) is 3.19. The van der Waals surface area contributed by atoms with Gasteiger partial charge in [0.2, 0.25) is 11.8 Å². The lowest BCUT2D eigenvalue weighted by atomic mass is 9.86. The van der Waals surface area contributed by atoms with Crippen molar-refractivity contribution in [2.24, 2.45) is 5.92 Å². The molecular weight excluding hydrogens is 373 g/mol. The number of halogens is 2. The van der Waals surface area contributed by atoms with E-state index in [1.54, 1.807) is 37.1 Å². The molecule has 7 heteroatoms. The Labute approximate surface area is 165 Å². The van der Waals surface area contributed by atoms with E-state index in [1.165, 1.54) is 6.42 Å². The van der Waals surface area contributed by atoms with Crippen molar-refractivity contribution in [1.82, 2.24) is 10.2 Å². The summed E-state index contributed by atoms with van der Waals surface area (Å²) in [7, 11) is 1.75. The van der Waals surface area contributed by atoms with Crippen LogP contribution in [0.1, 0.15) is 39.5 Å². The molecule has 5 nitrogen and oxygen atoms in total. The fraction of sp³-hybridized carbons (Fsp3) is 0.579. The second-order valence-corrected chi connectivity index (χ2v) is 7.93. The van der Waals surface area contributed by atoms with Crippen LogP contribution in [0.4, 0.5) is 5.69 Å². The third-order valence-corrected chi connectivity index (χ3v) is 5.73. The molecule has 0 unspecified atom stereocenters. The van der Waals surface area contributed by atoms with Crippen LogP contribution in [0.2, 0.25) is 10.0 Å². The molecule has 1 aliphatic rings. The number of likely N-dealkylation sites (N-methyl/N-ethyl adjacent to an activating group) is 1. The summed E-state index contributed by atoms with van der Waals surface area (Å²) in [5, 5.41) is 6.61. The van der Waals surface area contributed by atoms with Gasteiger partial charge in [0.1, 0.15) is 0 Å². The van der Waals surface area contributed by atoms with E-state index >= 15 is 0 Å². The number of hydrogen-bond acceptors (Lipinski definition) is 3. The van der Waals surface area contributed by atoms with Crippen LogP contribution in [0.3, 0.4) is 0 Å². The minimum atomic E-state index is -0.406. The third-order valence-electron chi connectivity index (χ3n) is 5.10. The summed E-state index contributed by atoms with van der Waals surface area (Å²) >= 11 is 12.1. The van der Waals surface area contributed by atoms with Gasteiger partial charge in [-0.05, 0) is 44.9 Å². The molecule has 0 aromatic heterocycles. The standard InChI is InChI=1S/C19H27Cl2N3O2/c1-12-7-4-5-10-16(12)22-19(26)13(2)24(3)11-17(25)23-18-14(20)8-6-9-15(18)21/h6,8-9,12-13,16H,4-5,7,10-11H2,1-3H3,(H,22,26)(H,23,25)/t12-,13-,16+/m1/s1. The number of benzene rings is 1. The first-order valence-electron chi connectivity index (χ1n) is 9.04. The SMILES string of the molecule is C[C@@H]1CCCC[C@@H]1NC(=O)[C@@H](C)N(C)CC(=O)Nc1c(Cl)cccc1Cl. The highest BCUT2D eigenvalue weighted by Gasteiger charge is 2.27. The van der Waals surface area contributed by atoms with Gasteiger partial charge in [-0.2, -0.15) is 0 Å². The Morgan fingerprint density at radius 2 is 1.85 bits per heavy atom. The van der Waals surface area contributed by atoms with Crippen molar-refractivity contribution in [3.63, 3.8) is 0 Å². The molecule has 1 saturated carbocycles. The van der Waals surface area contributed by atoms with E-state index in [9.17, 15) is 9.59 Å². The predicted octanol–water partition coefficient (Wildman–Crippen LogP) is 3.95. The van der Waals surface area contributed by atoms with E-state index in [0.717, 1.165) is 19.3 Å². The lowest BCUT2D eigenvalue weighted by Gasteiger charge is -2.32. The quantitative estimate of drug-likeness (QED) is 0.760. The Kier molecular flexibility index (Phi) is 7.74. The van der Waals surface area contributed by atoms with Gasteiger partial charge < -0.3 is 10.6 Å². The van der Waals surface area contributed by atoms with Gasteiger partial charge in [-0.1, -0.05) is 49.0 Å². The van der Waals surface area contributed by atoms with Crippen molar-refractivity contribution >= 4 is 40.7 Å². The topological polar surface area (TPSA) is 61.4 Å². The molecule has 1 fully saturated rings. The van der Waals surface area contributed by atoms with Crippen LogP contribution in [-0.2, 0) is 9.59 Å². The van der Waals surface area contributed by atoms with Crippen molar-refractivity contribution in [3.8, 4) is 0 Å². The molecule has 1 aliphatic carbocycles. The fourth-order valence-corrected chi connectivity index (χ4v) is 3.69. The summed E-state index contributed by atoms with van der Waals surface area (Å²) in [4.78, 5) is 26.5. The zero-order valence-electron chi connectivity index (χ0n) is 15.5. The molecule has 3 atom stereocenters. The number of anilines is 1. The summed E-state index contributed by atoms with van der Waals surface area (Å²) in [5.41, 5.74) is 0.391. The van der Waals surface area contributed by atoms with Crippen LogP contribution in [0.5, 0.6) is 0 Å². The van der Waals surface area contributed by atoms with E-state index in [2.05, 4.69) is 17.6 Å². The van der Waals surface area contributed by atoms with Crippen LogP contribution in [0, 0.1) is 5.92 Å². The van der Waals surface area contributed by atoms with Gasteiger partial charge in [-0.15, -0.1) is 0 Å². The molecule has 2 rings (SSSR count). The highest BCUT2D eigenvalue weighted by atomic mass is 35.5. The molecule has 2 amide bonds. The molecule has 2 N–H and O–H groups in total. The molecule has 1 aromatic carbocycles. The molecule has 26 heavy (non-hydrogen) atoms. The molecule has 0 heterocycles. The number of hydrogen-bond donors (Lipinski definition) is 2. The second-order valence-electron chi connectivity index (χ2n) is 7.11. The van der Waals surface area contributed by atoms with Crippen molar-refractivity contribution in [3.05, 3.63) is 28.2 Å². The van der Waals surface area contributed by atoms with Crippen molar-refractivity contribution in [2.75, 3.05) is 18.9 Å². The highest BCUT2D eigenvalue weighted by Crippen LogP contribution is 2.29. The average Bonchev–Trinajstić information content (AvgIpc) is 2.59. The minimum Gasteiger partial charge on any atom is -0.352 e. The van der Waals surface area contributed by atoms with Gasteiger partial charge in [-0.25, -0.2) is 0 Å². The zero-order chi connectivity index (χ0) is 19.3. The Bertz CT molecular complexity index is 633. The highest BCUT2D eigenvalue weighted by molar-refractivity contribution is 6.39. The van der Waals surface area contributed by atoms with E-state index in [4.69, 9.17) is 23.2 Å². The Morgan fingerprint density at radius 1 is 1.23 bits per heavy atom. The van der Waals surface area contributed by atoms with Gasteiger partial charge in [0.15, 0.2) is 0 Å². The third kappa shape index (κ3) is 5.60. The maximum atomic E-state index is 12.5. The maximum absolute atomic E-state index is 12.5. The number of amides is 2. The van der Waals surface area contributed by atoms with Crippen LogP contribution < -0.4 is 10.6 Å². The lowest BCUT2D eigenvalue weighted by molar-refractivity contribution is -0.127. The molecule has 0 radical (unpaired) electrons. The lowest BCUT2D eigenvalue weighted by Crippen LogP contribution is -2.50. The molecule has 144 valence electrons. The maximum Gasteiger partial charge on any atom is 0.238 e. The second kappa shape index (κ2) is 9.58. The van der Waals surface area contributed by atoms with Crippen LogP contribution >= 0.6 is 23.2 Å². The smallest absolute Gasteiger partial charge is 0.238 e. The van der Waals surface area contributed by atoms with Gasteiger partial charge in [-0.3, -0.25) is 14.5 Å². The first kappa shape index (κ1) is 21.0. The van der Waals surface area contributed by atoms with Crippen LogP contribution in [0.15, 0.2) is 18.2 Å². The molecule has 1 aromatic rings. The summed E-state index contributed by atoms with van der Waals surface area (Å²) in [6.45, 7) is 4.05. The van der Waals surface area contributed by atoms with Crippen molar-refractivity contribution in [1.29, 1.82) is 0 Å². The normalized spacial score (nSPS) is 21.3. The molecule has 0 saturated heterocycles. The molecule has 0 bridgehead atoms. The van der Waals surface area contributed by atoms with Crippen LogP contribution in [0.25, 0.3) is 0 Å². The number of rotatable bonds is 6. The number of carbonyl (C=O) groups is 2. The number of nitrogens with one attached hydrogen (secondary N) is 2. The van der Waals surface area contributed by atoms with E-state index < -0.39 is 6.04 Å². The minimum absolute atomic E-state index is 0.0465. The molecular formula is C19H27Cl2N3O2. The Hall–Kier alpha value is -1.30. The molecule has 0 spiro atoms. The van der Waals surface area contributed by atoms with Crippen molar-refractivity contribution in [2.45, 2.75) is 51.6 Å². The van der Waals surface area contributed by atoms with Gasteiger partial charge in [0, 0.05) is 6.04 Å². The monoisotopic (exact) mass is 399 g/mol. The Morgan fingerprint density at radius 3 is 2.46 bits per heavy atom. The first-order valence-corrected chi connectivity index (χ1v) is 9.79. The van der Waals surface area contributed by atoms with Gasteiger partial charge in [0.05, 0.1) is 28.3 Å². The number of nitrogens with zero attached hydrogens (tertiary/aromatic N) is 1. The van der Waals surface area contributed by atoms with Gasteiger partial charge >= 0.3 is 0 Å². The van der Waals surface area contributed by atoms with Gasteiger partial charge in [0.25, 0.3) is 0 Å². The van der Waals surface area contributed by atoms with E-state index in [0.29, 0.717) is 21.7 Å². The van der Waals surface area contributed by atoms with E-state index in [-0.39, 0.29) is 24.4 Å². The Balaban J connectivity index is 1.88. The first-order chi connectivity index (χ1) is 12.3. The van der Waals surface area contributed by atoms with Crippen molar-refractivity contribution < 1.29 is 9.59 Å². The summed E-state index contributed by atoms with van der Waals surface area (Å²) in [6, 6.07) is 4.85. The largest absolute Gasteiger partial charge is 0.352 e. The van der Waals surface area contributed by atoms with E-state index in [1.807, 2.05) is 0 Å². The molecule has 0 aliphatic heterocycles. The zero-order valence-corrected chi connectivity index (χ0v) is 17.0. The summed E-state index contributed by atoms with van der Waals surface area (Å²) < 4.78 is 0.